The first-order chi connectivity index (χ1) is 13.5. The summed E-state index contributed by atoms with van der Waals surface area (Å²) in [6.07, 6.45) is -3.24. The molecule has 0 bridgehead atoms. The summed E-state index contributed by atoms with van der Waals surface area (Å²) >= 11 is 5.89. The van der Waals surface area contributed by atoms with Crippen LogP contribution >= 0.6 is 11.6 Å². The van der Waals surface area contributed by atoms with Crippen LogP contribution < -0.4 is 4.90 Å². The molecule has 1 aromatic carbocycles. The molecule has 2 heterocycles. The number of halogens is 4. The number of nitrogens with zero attached hydrogens (tertiary/aromatic N) is 3. The van der Waals surface area contributed by atoms with Crippen molar-refractivity contribution in [1.29, 1.82) is 0 Å². The number of benzene rings is 1. The van der Waals surface area contributed by atoms with Crippen molar-refractivity contribution >= 4 is 33.4 Å². The molecule has 0 fully saturated rings. The summed E-state index contributed by atoms with van der Waals surface area (Å²) in [6, 6.07) is 5.38. The number of carbonyl (C=O) groups excluding carboxylic acids is 1. The molecule has 0 atom stereocenters. The number of hydrogen-bond donors (Lipinski definition) is 0. The fourth-order valence-corrected chi connectivity index (χ4v) is 4.60. The Morgan fingerprint density at radius 1 is 1.28 bits per heavy atom. The van der Waals surface area contributed by atoms with Crippen molar-refractivity contribution in [2.24, 2.45) is 0 Å². The molecule has 0 unspecified atom stereocenters. The predicted octanol–water partition coefficient (Wildman–Crippen LogP) is 2.90. The third-order valence-corrected chi connectivity index (χ3v) is 6.22. The molecule has 0 spiro atoms. The third-order valence-electron chi connectivity index (χ3n) is 4.23. The molecule has 0 N–H and O–H groups in total. The molecular weight excluding hydrogens is 435 g/mol. The maximum absolute atomic E-state index is 13.0. The van der Waals surface area contributed by atoms with Crippen LogP contribution in [0.15, 0.2) is 41.4 Å². The molecular formula is C17H15ClF3N3O4S. The van der Waals surface area contributed by atoms with Gasteiger partial charge >= 0.3 is 12.1 Å². The zero-order chi connectivity index (χ0) is 21.4. The highest BCUT2D eigenvalue weighted by molar-refractivity contribution is 7.89. The number of hydrogen-bond acceptors (Lipinski definition) is 6. The molecule has 0 saturated carbocycles. The minimum Gasteiger partial charge on any atom is -0.468 e. The summed E-state index contributed by atoms with van der Waals surface area (Å²) in [5, 5.41) is 0.0849. The molecule has 2 aromatic rings. The van der Waals surface area contributed by atoms with Gasteiger partial charge in [-0.1, -0.05) is 23.7 Å². The second kappa shape index (κ2) is 7.81. The van der Waals surface area contributed by atoms with E-state index in [2.05, 4.69) is 9.72 Å². The van der Waals surface area contributed by atoms with Gasteiger partial charge in [-0.25, -0.2) is 13.4 Å². The van der Waals surface area contributed by atoms with Crippen LogP contribution in [0.25, 0.3) is 0 Å². The van der Waals surface area contributed by atoms with Crippen molar-refractivity contribution in [1.82, 2.24) is 9.29 Å². The van der Waals surface area contributed by atoms with Crippen LogP contribution in [-0.4, -0.2) is 44.0 Å². The number of esters is 1. The molecule has 1 aromatic heterocycles. The summed E-state index contributed by atoms with van der Waals surface area (Å²) < 4.78 is 69.8. The lowest BCUT2D eigenvalue weighted by molar-refractivity contribution is -0.139. The largest absolute Gasteiger partial charge is 0.468 e. The second-order valence-corrected chi connectivity index (χ2v) is 8.54. The lowest BCUT2D eigenvalue weighted by Gasteiger charge is -2.36. The molecule has 7 nitrogen and oxygen atoms in total. The van der Waals surface area contributed by atoms with Crippen molar-refractivity contribution in [2.75, 3.05) is 25.2 Å². The number of pyridine rings is 1. The molecule has 0 saturated heterocycles. The first-order valence-corrected chi connectivity index (χ1v) is 9.98. The number of sulfonamides is 1. The van der Waals surface area contributed by atoms with E-state index in [9.17, 15) is 26.4 Å². The molecule has 12 heteroatoms. The van der Waals surface area contributed by atoms with E-state index in [0.717, 1.165) is 16.4 Å². The SMILES string of the molecule is COC(=O)CN1CN(Cc2ccc(C(F)(F)F)cc2)S(=O)(=O)c2cc(Cl)cnc21. The van der Waals surface area contributed by atoms with Crippen LogP contribution in [0.1, 0.15) is 11.1 Å². The van der Waals surface area contributed by atoms with Crippen molar-refractivity contribution < 1.29 is 31.1 Å². The summed E-state index contributed by atoms with van der Waals surface area (Å²) in [5.74, 6) is -0.565. The van der Waals surface area contributed by atoms with Crippen molar-refractivity contribution in [3.05, 3.63) is 52.7 Å². The minimum absolute atomic E-state index is 0.0449. The number of carbonyl (C=O) groups is 1. The second-order valence-electron chi connectivity index (χ2n) is 6.20. The Morgan fingerprint density at radius 2 is 1.93 bits per heavy atom. The molecule has 29 heavy (non-hydrogen) atoms. The topological polar surface area (TPSA) is 79.8 Å². The van der Waals surface area contributed by atoms with Gasteiger partial charge < -0.3 is 9.64 Å². The number of methoxy groups -OCH3 is 1. The molecule has 1 aliphatic heterocycles. The van der Waals surface area contributed by atoms with E-state index in [1.807, 2.05) is 0 Å². The Bertz CT molecular complexity index is 1030. The number of alkyl halides is 3. The van der Waals surface area contributed by atoms with Gasteiger partial charge in [0.2, 0.25) is 10.0 Å². The maximum atomic E-state index is 13.0. The first-order valence-electron chi connectivity index (χ1n) is 8.16. The molecule has 1 aliphatic rings. The van der Waals surface area contributed by atoms with Gasteiger partial charge in [-0.3, -0.25) is 4.79 Å². The van der Waals surface area contributed by atoms with Crippen molar-refractivity contribution in [2.45, 2.75) is 17.6 Å². The zero-order valence-electron chi connectivity index (χ0n) is 15.0. The molecule has 0 radical (unpaired) electrons. The van der Waals surface area contributed by atoms with Crippen LogP contribution in [-0.2, 0) is 32.3 Å². The van der Waals surface area contributed by atoms with Gasteiger partial charge in [0.15, 0.2) is 0 Å². The van der Waals surface area contributed by atoms with Gasteiger partial charge in [-0.15, -0.1) is 0 Å². The van der Waals surface area contributed by atoms with Crippen LogP contribution in [0.2, 0.25) is 5.02 Å². The maximum Gasteiger partial charge on any atom is 0.416 e. The van der Waals surface area contributed by atoms with Crippen LogP contribution in [0.3, 0.4) is 0 Å². The summed E-state index contributed by atoms with van der Waals surface area (Å²) in [7, 11) is -2.85. The standard InChI is InChI=1S/C17H15ClF3N3O4S/c1-28-15(25)9-23-10-24(8-11-2-4-12(5-3-11)17(19,20)21)29(26,27)14-6-13(18)7-22-16(14)23/h2-7H,8-10H2,1H3. The molecule has 0 aliphatic carbocycles. The Balaban J connectivity index is 1.95. The lowest BCUT2D eigenvalue weighted by atomic mass is 10.1. The smallest absolute Gasteiger partial charge is 0.416 e. The summed E-state index contributed by atoms with van der Waals surface area (Å²) in [5.41, 5.74) is -0.491. The fraction of sp³-hybridized carbons (Fsp3) is 0.294. The van der Waals surface area contributed by atoms with Crippen LogP contribution in [0.5, 0.6) is 0 Å². The molecule has 0 amide bonds. The lowest BCUT2D eigenvalue weighted by Crippen LogP contribution is -2.48. The minimum atomic E-state index is -4.49. The monoisotopic (exact) mass is 449 g/mol. The van der Waals surface area contributed by atoms with Gasteiger partial charge in [-0.2, -0.15) is 17.5 Å². The van der Waals surface area contributed by atoms with Crippen molar-refractivity contribution in [3.63, 3.8) is 0 Å². The zero-order valence-corrected chi connectivity index (χ0v) is 16.6. The quantitative estimate of drug-likeness (QED) is 0.668. The van der Waals surface area contributed by atoms with Gasteiger partial charge in [0.25, 0.3) is 0 Å². The van der Waals surface area contributed by atoms with Gasteiger partial charge in [0.1, 0.15) is 17.3 Å². The summed E-state index contributed by atoms with van der Waals surface area (Å²) in [4.78, 5) is 16.9. The Kier molecular flexibility index (Phi) is 5.74. The Morgan fingerprint density at radius 3 is 2.52 bits per heavy atom. The normalized spacial score (nSPS) is 16.4. The molecule has 3 rings (SSSR count). The van der Waals surface area contributed by atoms with Gasteiger partial charge in [0.05, 0.1) is 24.4 Å². The fourth-order valence-electron chi connectivity index (χ4n) is 2.80. The number of fused-ring (bicyclic) bond motifs is 1. The number of anilines is 1. The average Bonchev–Trinajstić information content (AvgIpc) is 2.65. The van der Waals surface area contributed by atoms with Crippen molar-refractivity contribution in [3.8, 4) is 0 Å². The number of aromatic nitrogens is 1. The Labute approximate surface area is 169 Å². The van der Waals surface area contributed by atoms with E-state index < -0.39 is 27.7 Å². The van der Waals surface area contributed by atoms with Crippen LogP contribution in [0.4, 0.5) is 19.0 Å². The first kappa shape index (κ1) is 21.3. The number of ether oxygens (including phenoxy) is 1. The average molecular weight is 450 g/mol. The van der Waals surface area contributed by atoms with E-state index in [1.54, 1.807) is 0 Å². The van der Waals surface area contributed by atoms with E-state index in [1.165, 1.54) is 36.4 Å². The number of rotatable bonds is 4. The predicted molar refractivity (Wildman–Crippen MR) is 97.6 cm³/mol. The van der Waals surface area contributed by atoms with Crippen LogP contribution in [0, 0.1) is 0 Å². The molecule has 156 valence electrons. The third kappa shape index (κ3) is 4.46. The van der Waals surface area contributed by atoms with E-state index in [-0.39, 0.29) is 35.5 Å². The highest BCUT2D eigenvalue weighted by Crippen LogP contribution is 2.34. The highest BCUT2D eigenvalue weighted by atomic mass is 35.5. The van der Waals surface area contributed by atoms with E-state index >= 15 is 0 Å². The summed E-state index contributed by atoms with van der Waals surface area (Å²) in [6.45, 7) is -0.707. The van der Waals surface area contributed by atoms with E-state index in [4.69, 9.17) is 11.6 Å². The van der Waals surface area contributed by atoms with E-state index in [0.29, 0.717) is 5.56 Å². The van der Waals surface area contributed by atoms with Gasteiger partial charge in [-0.05, 0) is 23.8 Å². The Hall–Kier alpha value is -2.37. The van der Waals surface area contributed by atoms with Gasteiger partial charge in [0, 0.05) is 12.7 Å². The highest BCUT2D eigenvalue weighted by Gasteiger charge is 2.38.